The highest BCUT2D eigenvalue weighted by Gasteiger charge is 2.42. The smallest absolute Gasteiger partial charge is 0.329 e. The Morgan fingerprint density at radius 2 is 1.86 bits per heavy atom. The number of ether oxygens (including phenoxy) is 1. The molecule has 0 unspecified atom stereocenters. The van der Waals surface area contributed by atoms with Crippen LogP contribution < -0.4 is 0 Å². The van der Waals surface area contributed by atoms with Gasteiger partial charge in [-0.05, 0) is 45.7 Å². The molecule has 118 valence electrons. The van der Waals surface area contributed by atoms with Crippen LogP contribution in [0.2, 0.25) is 0 Å². The van der Waals surface area contributed by atoms with Crippen LogP contribution in [-0.4, -0.2) is 34.3 Å². The SMILES string of the molecule is Cc1ccccc1C(=O)N1C(=O)CC[C@H]1C(=O)OC(C)(C)C. The Morgan fingerprint density at radius 3 is 2.45 bits per heavy atom. The van der Waals surface area contributed by atoms with E-state index >= 15 is 0 Å². The normalized spacial score (nSPS) is 18.5. The highest BCUT2D eigenvalue weighted by Crippen LogP contribution is 2.25. The van der Waals surface area contributed by atoms with Crippen molar-refractivity contribution in [3.63, 3.8) is 0 Å². The number of carbonyl (C=O) groups excluding carboxylic acids is 3. The molecule has 0 radical (unpaired) electrons. The van der Waals surface area contributed by atoms with Gasteiger partial charge in [-0.15, -0.1) is 0 Å². The van der Waals surface area contributed by atoms with Gasteiger partial charge in [-0.25, -0.2) is 4.79 Å². The van der Waals surface area contributed by atoms with Crippen molar-refractivity contribution in [2.75, 3.05) is 0 Å². The molecule has 22 heavy (non-hydrogen) atoms. The number of imide groups is 1. The summed E-state index contributed by atoms with van der Waals surface area (Å²) in [6.07, 6.45) is 0.493. The summed E-state index contributed by atoms with van der Waals surface area (Å²) in [5.74, 6) is -1.29. The van der Waals surface area contributed by atoms with Crippen molar-refractivity contribution < 1.29 is 19.1 Å². The predicted octanol–water partition coefficient (Wildman–Crippen LogP) is 2.47. The van der Waals surface area contributed by atoms with E-state index in [1.165, 1.54) is 0 Å². The van der Waals surface area contributed by atoms with Crippen LogP contribution >= 0.6 is 0 Å². The Hall–Kier alpha value is -2.17. The Morgan fingerprint density at radius 1 is 1.23 bits per heavy atom. The van der Waals surface area contributed by atoms with Crippen molar-refractivity contribution in [1.29, 1.82) is 0 Å². The molecule has 0 aliphatic carbocycles. The minimum absolute atomic E-state index is 0.182. The first-order valence-corrected chi connectivity index (χ1v) is 7.35. The lowest BCUT2D eigenvalue weighted by molar-refractivity contribution is -0.160. The molecule has 5 nitrogen and oxygen atoms in total. The summed E-state index contributed by atoms with van der Waals surface area (Å²) < 4.78 is 5.33. The molecule has 2 amide bonds. The molecule has 1 fully saturated rings. The molecule has 1 aliphatic heterocycles. The zero-order chi connectivity index (χ0) is 16.5. The molecule has 1 heterocycles. The summed E-state index contributed by atoms with van der Waals surface area (Å²) in [5.41, 5.74) is 0.557. The van der Waals surface area contributed by atoms with E-state index in [1.807, 2.05) is 6.07 Å². The average Bonchev–Trinajstić information content (AvgIpc) is 2.78. The van der Waals surface area contributed by atoms with Crippen molar-refractivity contribution in [2.45, 2.75) is 52.2 Å². The summed E-state index contributed by atoms with van der Waals surface area (Å²) >= 11 is 0. The van der Waals surface area contributed by atoms with Crippen molar-refractivity contribution in [2.24, 2.45) is 0 Å². The van der Waals surface area contributed by atoms with Gasteiger partial charge in [0.05, 0.1) is 0 Å². The molecule has 0 bridgehead atoms. The van der Waals surface area contributed by atoms with Crippen LogP contribution in [0.1, 0.15) is 49.5 Å². The van der Waals surface area contributed by atoms with Crippen molar-refractivity contribution in [3.8, 4) is 0 Å². The number of carbonyl (C=O) groups is 3. The van der Waals surface area contributed by atoms with Gasteiger partial charge in [0.1, 0.15) is 11.6 Å². The second-order valence-corrected chi connectivity index (χ2v) is 6.47. The monoisotopic (exact) mass is 303 g/mol. The summed E-state index contributed by atoms with van der Waals surface area (Å²) in [7, 11) is 0. The molecule has 1 atom stereocenters. The number of hydrogen-bond acceptors (Lipinski definition) is 4. The minimum atomic E-state index is -0.834. The Bertz CT molecular complexity index is 615. The number of hydrogen-bond donors (Lipinski definition) is 0. The third-order valence-corrected chi connectivity index (χ3v) is 3.49. The van der Waals surface area contributed by atoms with E-state index < -0.39 is 23.5 Å². The summed E-state index contributed by atoms with van der Waals surface area (Å²) in [5, 5.41) is 0. The largest absolute Gasteiger partial charge is 0.458 e. The fraction of sp³-hybridized carbons (Fsp3) is 0.471. The minimum Gasteiger partial charge on any atom is -0.458 e. The number of likely N-dealkylation sites (tertiary alicyclic amines) is 1. The second kappa shape index (κ2) is 5.91. The Labute approximate surface area is 130 Å². The van der Waals surface area contributed by atoms with Crippen molar-refractivity contribution in [1.82, 2.24) is 4.90 Å². The third kappa shape index (κ3) is 3.35. The van der Waals surface area contributed by atoms with E-state index in [0.29, 0.717) is 12.0 Å². The first kappa shape index (κ1) is 16.2. The van der Waals surface area contributed by atoms with Crippen LogP contribution in [0.3, 0.4) is 0 Å². The van der Waals surface area contributed by atoms with Crippen molar-refractivity contribution in [3.05, 3.63) is 35.4 Å². The van der Waals surface area contributed by atoms with Gasteiger partial charge < -0.3 is 4.74 Å². The van der Waals surface area contributed by atoms with Crippen molar-refractivity contribution >= 4 is 17.8 Å². The predicted molar refractivity (Wildman–Crippen MR) is 81.2 cm³/mol. The molecule has 1 aromatic rings. The first-order chi connectivity index (χ1) is 10.2. The van der Waals surface area contributed by atoms with E-state index in [2.05, 4.69) is 0 Å². The molecule has 1 saturated heterocycles. The molecule has 0 spiro atoms. The van der Waals surface area contributed by atoms with Crippen LogP contribution in [-0.2, 0) is 14.3 Å². The molecular formula is C17H21NO4. The molecule has 0 N–H and O–H groups in total. The van der Waals surface area contributed by atoms with Gasteiger partial charge in [0, 0.05) is 12.0 Å². The summed E-state index contributed by atoms with van der Waals surface area (Å²) in [6, 6.07) is 6.19. The van der Waals surface area contributed by atoms with Gasteiger partial charge in [-0.2, -0.15) is 0 Å². The quantitative estimate of drug-likeness (QED) is 0.622. The van der Waals surface area contributed by atoms with Gasteiger partial charge in [-0.1, -0.05) is 18.2 Å². The summed E-state index contributed by atoms with van der Waals surface area (Å²) in [4.78, 5) is 38.1. The number of nitrogens with zero attached hydrogens (tertiary/aromatic N) is 1. The second-order valence-electron chi connectivity index (χ2n) is 6.47. The van der Waals surface area contributed by atoms with Gasteiger partial charge in [0.15, 0.2) is 0 Å². The zero-order valence-electron chi connectivity index (χ0n) is 13.4. The molecular weight excluding hydrogens is 282 g/mol. The lowest BCUT2D eigenvalue weighted by Crippen LogP contribution is -2.45. The standard InChI is InChI=1S/C17H21NO4/c1-11-7-5-6-8-12(11)15(20)18-13(9-10-14(18)19)16(21)22-17(2,3)4/h5-8,13H,9-10H2,1-4H3/t13-/m0/s1. The third-order valence-electron chi connectivity index (χ3n) is 3.49. The molecule has 2 rings (SSSR count). The number of esters is 1. The van der Waals surface area contributed by atoms with Crippen LogP contribution in [0, 0.1) is 6.92 Å². The van der Waals surface area contributed by atoms with Crippen LogP contribution in [0.5, 0.6) is 0 Å². The van der Waals surface area contributed by atoms with Crippen LogP contribution in [0.25, 0.3) is 0 Å². The maximum Gasteiger partial charge on any atom is 0.329 e. The zero-order valence-corrected chi connectivity index (χ0v) is 13.4. The van der Waals surface area contributed by atoms with Crippen LogP contribution in [0.4, 0.5) is 0 Å². The molecule has 0 saturated carbocycles. The Kier molecular flexibility index (Phi) is 4.35. The molecule has 1 aliphatic rings. The number of benzene rings is 1. The highest BCUT2D eigenvalue weighted by atomic mass is 16.6. The van der Waals surface area contributed by atoms with E-state index in [0.717, 1.165) is 10.5 Å². The topological polar surface area (TPSA) is 63.7 Å². The number of aryl methyl sites for hydroxylation is 1. The van der Waals surface area contributed by atoms with E-state index in [1.54, 1.807) is 45.9 Å². The maximum atomic E-state index is 12.7. The van der Waals surface area contributed by atoms with E-state index in [4.69, 9.17) is 4.74 Å². The highest BCUT2D eigenvalue weighted by molar-refractivity contribution is 6.09. The first-order valence-electron chi connectivity index (χ1n) is 7.35. The fourth-order valence-electron chi connectivity index (χ4n) is 2.47. The van der Waals surface area contributed by atoms with Gasteiger partial charge >= 0.3 is 5.97 Å². The number of amides is 2. The van der Waals surface area contributed by atoms with Gasteiger partial charge in [0.2, 0.25) is 5.91 Å². The average molecular weight is 303 g/mol. The van der Waals surface area contributed by atoms with Gasteiger partial charge in [0.25, 0.3) is 5.91 Å². The number of rotatable bonds is 2. The van der Waals surface area contributed by atoms with Gasteiger partial charge in [-0.3, -0.25) is 14.5 Å². The van der Waals surface area contributed by atoms with Crippen LogP contribution in [0.15, 0.2) is 24.3 Å². The summed E-state index contributed by atoms with van der Waals surface area (Å²) in [6.45, 7) is 7.08. The fourth-order valence-corrected chi connectivity index (χ4v) is 2.47. The lowest BCUT2D eigenvalue weighted by Gasteiger charge is -2.26. The van der Waals surface area contributed by atoms with E-state index in [-0.39, 0.29) is 12.3 Å². The molecule has 5 heteroatoms. The van der Waals surface area contributed by atoms with E-state index in [9.17, 15) is 14.4 Å². The lowest BCUT2D eigenvalue weighted by atomic mass is 10.1. The molecule has 1 aromatic carbocycles. The molecule has 0 aromatic heterocycles. The maximum absolute atomic E-state index is 12.7. The Balaban J connectivity index is 2.27.